The van der Waals surface area contributed by atoms with Crippen molar-refractivity contribution in [1.82, 2.24) is 13.7 Å². The standard InChI is InChI=1S/C61H39N3/c1-3-17-40(18-4-1)61(53-26-12-7-21-45(53)46-22-8-13-27-54(46)61)41-31-34-58-50(37-41)47-23-9-15-29-56(47)63(58)43-33-36-60-52(39-43)49-25-11-16-30-57(49)64(60)44-32-35-59-51(38-44)48-24-10-14-28-55(48)62(59)42-19-5-2-6-20-42/h1-39H. The molecule has 14 rings (SSSR count). The van der Waals surface area contributed by atoms with E-state index in [9.17, 15) is 0 Å². The third-order valence-electron chi connectivity index (χ3n) is 14.1. The topological polar surface area (TPSA) is 14.8 Å². The molecule has 1 aliphatic carbocycles. The van der Waals surface area contributed by atoms with Crippen LogP contribution in [0.5, 0.6) is 0 Å². The zero-order valence-corrected chi connectivity index (χ0v) is 34.9. The summed E-state index contributed by atoms with van der Waals surface area (Å²) >= 11 is 0. The lowest BCUT2D eigenvalue weighted by Crippen LogP contribution is -2.28. The average Bonchev–Trinajstić information content (AvgIpc) is 4.08. The maximum Gasteiger partial charge on any atom is 0.0713 e. The summed E-state index contributed by atoms with van der Waals surface area (Å²) in [6, 6.07) is 87.6. The fourth-order valence-corrected chi connectivity index (χ4v) is 11.5. The first-order chi connectivity index (χ1) is 31.8. The minimum absolute atomic E-state index is 0.466. The Morgan fingerprint density at radius 1 is 0.234 bits per heavy atom. The van der Waals surface area contributed by atoms with Crippen LogP contribution in [-0.4, -0.2) is 13.7 Å². The van der Waals surface area contributed by atoms with Crippen LogP contribution in [0, 0.1) is 0 Å². The Labute approximate surface area is 369 Å². The van der Waals surface area contributed by atoms with Gasteiger partial charge in [0.2, 0.25) is 0 Å². The maximum absolute atomic E-state index is 2.48. The van der Waals surface area contributed by atoms with Crippen molar-refractivity contribution >= 4 is 65.4 Å². The van der Waals surface area contributed by atoms with Gasteiger partial charge in [0, 0.05) is 49.4 Å². The summed E-state index contributed by atoms with van der Waals surface area (Å²) in [5.41, 5.74) is 18.0. The number of aromatic nitrogens is 3. The van der Waals surface area contributed by atoms with E-state index < -0.39 is 5.41 Å². The molecule has 0 spiro atoms. The Hall–Kier alpha value is -8.40. The minimum atomic E-state index is -0.466. The molecule has 0 saturated carbocycles. The molecule has 0 atom stereocenters. The molecule has 0 N–H and O–H groups in total. The van der Waals surface area contributed by atoms with Crippen LogP contribution in [0.1, 0.15) is 22.3 Å². The van der Waals surface area contributed by atoms with Crippen molar-refractivity contribution in [1.29, 1.82) is 0 Å². The van der Waals surface area contributed by atoms with Crippen LogP contribution in [0.2, 0.25) is 0 Å². The molecule has 0 unspecified atom stereocenters. The van der Waals surface area contributed by atoms with Gasteiger partial charge < -0.3 is 13.7 Å². The molecule has 0 radical (unpaired) electrons. The number of hydrogen-bond acceptors (Lipinski definition) is 0. The number of benzene rings is 10. The molecule has 3 nitrogen and oxygen atoms in total. The third-order valence-corrected chi connectivity index (χ3v) is 14.1. The second-order valence-electron chi connectivity index (χ2n) is 17.2. The van der Waals surface area contributed by atoms with Crippen molar-refractivity contribution in [3.63, 3.8) is 0 Å². The van der Waals surface area contributed by atoms with E-state index in [4.69, 9.17) is 0 Å². The Morgan fingerprint density at radius 2 is 0.609 bits per heavy atom. The largest absolute Gasteiger partial charge is 0.309 e. The van der Waals surface area contributed by atoms with E-state index in [2.05, 4.69) is 250 Å². The normalized spacial score (nSPS) is 13.1. The van der Waals surface area contributed by atoms with Crippen LogP contribution in [0.4, 0.5) is 0 Å². The molecule has 0 fully saturated rings. The molecule has 64 heavy (non-hydrogen) atoms. The molecule has 0 aliphatic heterocycles. The fraction of sp³-hybridized carbons (Fsp3) is 0.0164. The SMILES string of the molecule is c1ccc(-n2c3ccccc3c3cc(-n4c5ccccc5c5cc(-n6c7ccccc7c7cc(C8(c9ccccc9)c9ccccc9-c9ccccc98)ccc76)ccc54)ccc32)cc1. The lowest BCUT2D eigenvalue weighted by molar-refractivity contribution is 0.770. The van der Waals surface area contributed by atoms with E-state index in [1.54, 1.807) is 0 Å². The summed E-state index contributed by atoms with van der Waals surface area (Å²) in [5.74, 6) is 0. The summed E-state index contributed by atoms with van der Waals surface area (Å²) < 4.78 is 7.30. The van der Waals surface area contributed by atoms with Gasteiger partial charge in [-0.25, -0.2) is 0 Å². The molecule has 298 valence electrons. The minimum Gasteiger partial charge on any atom is -0.309 e. The highest BCUT2D eigenvalue weighted by Crippen LogP contribution is 2.56. The first-order valence-electron chi connectivity index (χ1n) is 22.2. The van der Waals surface area contributed by atoms with Gasteiger partial charge in [-0.05, 0) is 112 Å². The molecular weight excluding hydrogens is 775 g/mol. The van der Waals surface area contributed by atoms with Gasteiger partial charge >= 0.3 is 0 Å². The predicted octanol–water partition coefficient (Wildman–Crippen LogP) is 15.3. The van der Waals surface area contributed by atoms with Gasteiger partial charge in [-0.3, -0.25) is 0 Å². The smallest absolute Gasteiger partial charge is 0.0713 e. The molecule has 0 saturated heterocycles. The van der Waals surface area contributed by atoms with E-state index >= 15 is 0 Å². The first-order valence-corrected chi connectivity index (χ1v) is 22.2. The quantitative estimate of drug-likeness (QED) is 0.164. The summed E-state index contributed by atoms with van der Waals surface area (Å²) in [6.45, 7) is 0. The number of fused-ring (bicyclic) bond motifs is 12. The lowest BCUT2D eigenvalue weighted by Gasteiger charge is -2.34. The molecule has 3 heteroatoms. The Balaban J connectivity index is 0.977. The van der Waals surface area contributed by atoms with E-state index in [0.717, 1.165) is 17.1 Å². The van der Waals surface area contributed by atoms with Crippen molar-refractivity contribution in [2.75, 3.05) is 0 Å². The molecule has 0 bridgehead atoms. The van der Waals surface area contributed by atoms with Crippen molar-refractivity contribution in [3.8, 4) is 28.2 Å². The number of rotatable bonds is 5. The molecule has 3 heterocycles. The van der Waals surface area contributed by atoms with Crippen LogP contribution in [0.3, 0.4) is 0 Å². The van der Waals surface area contributed by atoms with Crippen molar-refractivity contribution in [2.24, 2.45) is 0 Å². The Kier molecular flexibility index (Phi) is 7.32. The predicted molar refractivity (Wildman–Crippen MR) is 267 cm³/mol. The summed E-state index contributed by atoms with van der Waals surface area (Å²) in [7, 11) is 0. The lowest BCUT2D eigenvalue weighted by atomic mass is 9.67. The van der Waals surface area contributed by atoms with E-state index in [1.807, 2.05) is 0 Å². The number of nitrogens with zero attached hydrogens (tertiary/aromatic N) is 3. The number of para-hydroxylation sites is 4. The van der Waals surface area contributed by atoms with Gasteiger partial charge in [0.15, 0.2) is 0 Å². The van der Waals surface area contributed by atoms with Crippen LogP contribution >= 0.6 is 0 Å². The molecule has 13 aromatic rings. The second kappa shape index (κ2) is 13.3. The van der Waals surface area contributed by atoms with Gasteiger partial charge in [-0.15, -0.1) is 0 Å². The van der Waals surface area contributed by atoms with E-state index in [0.29, 0.717) is 0 Å². The van der Waals surface area contributed by atoms with Crippen LogP contribution < -0.4 is 0 Å². The van der Waals surface area contributed by atoms with E-state index in [-0.39, 0.29) is 0 Å². The van der Waals surface area contributed by atoms with Crippen molar-refractivity contribution in [3.05, 3.63) is 259 Å². The Morgan fingerprint density at radius 3 is 1.12 bits per heavy atom. The first kappa shape index (κ1) is 35.2. The highest BCUT2D eigenvalue weighted by Gasteiger charge is 2.46. The van der Waals surface area contributed by atoms with Crippen molar-refractivity contribution in [2.45, 2.75) is 5.41 Å². The second-order valence-corrected chi connectivity index (χ2v) is 17.2. The zero-order valence-electron chi connectivity index (χ0n) is 34.9. The molecular formula is C61H39N3. The maximum atomic E-state index is 2.48. The summed E-state index contributed by atoms with van der Waals surface area (Å²) in [5, 5.41) is 7.44. The number of hydrogen-bond donors (Lipinski definition) is 0. The zero-order chi connectivity index (χ0) is 41.9. The summed E-state index contributed by atoms with van der Waals surface area (Å²) in [6.07, 6.45) is 0. The van der Waals surface area contributed by atoms with E-state index in [1.165, 1.54) is 98.8 Å². The van der Waals surface area contributed by atoms with Gasteiger partial charge in [0.05, 0.1) is 38.5 Å². The average molecular weight is 814 g/mol. The van der Waals surface area contributed by atoms with Gasteiger partial charge in [-0.2, -0.15) is 0 Å². The van der Waals surface area contributed by atoms with Crippen LogP contribution in [-0.2, 0) is 5.41 Å². The van der Waals surface area contributed by atoms with Gasteiger partial charge in [0.1, 0.15) is 0 Å². The van der Waals surface area contributed by atoms with Crippen LogP contribution in [0.25, 0.3) is 93.6 Å². The van der Waals surface area contributed by atoms with Gasteiger partial charge in [-0.1, -0.05) is 158 Å². The molecule has 0 amide bonds. The molecule has 1 aliphatic rings. The van der Waals surface area contributed by atoms with Crippen LogP contribution in [0.15, 0.2) is 237 Å². The Bertz CT molecular complexity index is 3970. The third kappa shape index (κ3) is 4.70. The van der Waals surface area contributed by atoms with Crippen molar-refractivity contribution < 1.29 is 0 Å². The summed E-state index contributed by atoms with van der Waals surface area (Å²) in [4.78, 5) is 0. The molecule has 3 aromatic heterocycles. The molecule has 10 aromatic carbocycles. The highest BCUT2D eigenvalue weighted by atomic mass is 15.0. The fourth-order valence-electron chi connectivity index (χ4n) is 11.5. The highest BCUT2D eigenvalue weighted by molar-refractivity contribution is 6.14. The van der Waals surface area contributed by atoms with Gasteiger partial charge in [0.25, 0.3) is 0 Å². The monoisotopic (exact) mass is 813 g/mol.